The van der Waals surface area contributed by atoms with Gasteiger partial charge in [-0.25, -0.2) is 24.2 Å². The normalized spacial score (nSPS) is 13.9. The predicted octanol–water partition coefficient (Wildman–Crippen LogP) is 5.38. The summed E-state index contributed by atoms with van der Waals surface area (Å²) >= 11 is 6.65. The molecule has 6 aromatic rings. The number of nitrogens with zero attached hydrogens (tertiary/aromatic N) is 6. The number of imide groups is 1. The highest BCUT2D eigenvalue weighted by Crippen LogP contribution is 2.47. The number of carbonyl (C=O) groups excluding carboxylic acids is 10. The summed E-state index contributed by atoms with van der Waals surface area (Å²) in [4.78, 5) is 140. The van der Waals surface area contributed by atoms with Crippen LogP contribution >= 0.6 is 11.6 Å². The van der Waals surface area contributed by atoms with Gasteiger partial charge in [0.2, 0.25) is 11.8 Å². The van der Waals surface area contributed by atoms with Gasteiger partial charge in [-0.1, -0.05) is 44.2 Å². The number of aromatic nitrogens is 2. The van der Waals surface area contributed by atoms with Gasteiger partial charge in [0.1, 0.15) is 48.1 Å². The Labute approximate surface area is 550 Å². The number of hydrogen-bond donors (Lipinski definition) is 8. The second kappa shape index (κ2) is 33.5. The lowest BCUT2D eigenvalue weighted by Gasteiger charge is -2.26. The number of urea groups is 1. The zero-order chi connectivity index (χ0) is 68.3. The summed E-state index contributed by atoms with van der Waals surface area (Å²) in [5, 5.41) is 33.6. The maximum Gasteiger partial charge on any atom is 0.415 e. The van der Waals surface area contributed by atoms with E-state index in [2.05, 4.69) is 31.6 Å². The molecule has 4 aromatic carbocycles. The number of rotatable bonds is 31. The van der Waals surface area contributed by atoms with Crippen molar-refractivity contribution in [3.05, 3.63) is 137 Å². The molecule has 3 atom stereocenters. The van der Waals surface area contributed by atoms with Crippen LogP contribution < -0.4 is 42.0 Å². The number of phenols is 1. The van der Waals surface area contributed by atoms with Gasteiger partial charge in [-0.3, -0.25) is 33.7 Å². The van der Waals surface area contributed by atoms with E-state index < -0.39 is 77.8 Å². The summed E-state index contributed by atoms with van der Waals surface area (Å²) in [5.74, 6) is -3.58. The number of benzene rings is 4. The van der Waals surface area contributed by atoms with Gasteiger partial charge in [0.25, 0.3) is 23.6 Å². The molecule has 30 heteroatoms. The van der Waals surface area contributed by atoms with E-state index in [1.165, 1.54) is 41.1 Å². The molecule has 0 bridgehead atoms. The number of alkyl carbamates (subject to hydrolysis) is 1. The number of fused-ring (bicyclic) bond motifs is 4. The van der Waals surface area contributed by atoms with Crippen molar-refractivity contribution in [2.24, 2.45) is 11.7 Å². The molecule has 0 spiro atoms. The number of alkyl halides is 1. The lowest BCUT2D eigenvalue weighted by Crippen LogP contribution is -2.54. The lowest BCUT2D eigenvalue weighted by atomic mass is 9.92. The van der Waals surface area contributed by atoms with Crippen LogP contribution in [0.3, 0.4) is 0 Å². The van der Waals surface area contributed by atoms with Crippen molar-refractivity contribution in [3.63, 3.8) is 0 Å². The molecule has 3 unspecified atom stereocenters. The zero-order valence-corrected chi connectivity index (χ0v) is 53.4. The van der Waals surface area contributed by atoms with Crippen LogP contribution in [-0.2, 0) is 44.7 Å². The van der Waals surface area contributed by atoms with Gasteiger partial charge in [-0.15, -0.1) is 11.6 Å². The topological polar surface area (TPSA) is 374 Å². The number of aliphatic hydroxyl groups is 1. The highest BCUT2D eigenvalue weighted by Gasteiger charge is 2.37. The number of carbonyl (C=O) groups is 10. The first kappa shape index (κ1) is 70.5. The van der Waals surface area contributed by atoms with Crippen molar-refractivity contribution in [2.45, 2.75) is 58.2 Å². The predicted molar refractivity (Wildman–Crippen MR) is 347 cm³/mol. The average molecular weight is 1330 g/mol. The van der Waals surface area contributed by atoms with Crippen LogP contribution in [0, 0.1) is 12.8 Å². The third-order valence-electron chi connectivity index (χ3n) is 15.4. The number of halogens is 1. The van der Waals surface area contributed by atoms with E-state index in [0.29, 0.717) is 39.2 Å². The standard InChI is InChI=1S/C65H75ClN12O17/c1-39(2)57(73-63(88)93-32-31-92-29-26-77-53(81)20-21-54(77)82)60(85)72-48(9-6-22-68-62(67)87)59(84)69-44-14-10-41(11-15-44)38-94-64(89)74(4)23-24-75(25-28-91-30-27-79)65(90)95-51-33-50-56(55-40(3)7-5-8-47(51)55)43(34-66)35-78(50)61(86)49-37-76-36-45(16-19-52(76)71-49)70-58(83)42-12-17-46(80)18-13-42/h5,7-8,10-21,33,36-37,39,43,48,57,79-80H,6,9,22-32,34-35,38H2,1-4H3,(H,69,84)(H,70,83)(H,72,85)(H,73,88)(H3,67,68,87). The molecule has 504 valence electrons. The zero-order valence-electron chi connectivity index (χ0n) is 52.7. The van der Waals surface area contributed by atoms with Gasteiger partial charge >= 0.3 is 24.3 Å². The SMILES string of the molecule is Cc1cccc2c(OC(=O)N(CCOCCO)CCN(C)C(=O)OCc3ccc(NC(=O)C(CCCNC(N)=O)NC(=O)C(NC(=O)OCCOCCN4C(=O)C=CC4=O)C(C)C)cc3)cc3c(c12)C(CCl)CN3C(=O)c1cn2cc(NC(=O)c3ccc(O)cc3)ccc2n1. The highest BCUT2D eigenvalue weighted by molar-refractivity contribution is 6.19. The first-order valence-electron chi connectivity index (χ1n) is 30.5. The Balaban J connectivity index is 0.868. The van der Waals surface area contributed by atoms with Crippen molar-refractivity contribution >= 4 is 105 Å². The average Bonchev–Trinajstić information content (AvgIpc) is 1.45. The lowest BCUT2D eigenvalue weighted by molar-refractivity contribution is -0.137. The Kier molecular flexibility index (Phi) is 24.8. The molecule has 11 amide bonds. The molecule has 0 fully saturated rings. The van der Waals surface area contributed by atoms with Gasteiger partial charge in [0.05, 0.1) is 51.0 Å². The van der Waals surface area contributed by atoms with Crippen molar-refractivity contribution in [3.8, 4) is 11.5 Å². The van der Waals surface area contributed by atoms with E-state index in [1.807, 2.05) is 25.1 Å². The van der Waals surface area contributed by atoms with Crippen molar-refractivity contribution in [1.82, 2.24) is 40.0 Å². The molecule has 0 saturated heterocycles. The first-order chi connectivity index (χ1) is 45.6. The number of ether oxygens (including phenoxy) is 5. The second-order valence-electron chi connectivity index (χ2n) is 22.5. The fourth-order valence-corrected chi connectivity index (χ4v) is 10.6. The largest absolute Gasteiger partial charge is 0.508 e. The molecule has 4 heterocycles. The summed E-state index contributed by atoms with van der Waals surface area (Å²) < 4.78 is 29.5. The van der Waals surface area contributed by atoms with E-state index in [-0.39, 0.29) is 127 Å². The molecule has 9 N–H and O–H groups in total. The summed E-state index contributed by atoms with van der Waals surface area (Å²) in [5.41, 5.74) is 9.43. The number of pyridine rings is 1. The van der Waals surface area contributed by atoms with Crippen LogP contribution in [0.4, 0.5) is 36.2 Å². The number of nitrogens with two attached hydrogens (primary N) is 1. The molecule has 2 aromatic heterocycles. The Morgan fingerprint density at radius 2 is 1.53 bits per heavy atom. The minimum Gasteiger partial charge on any atom is -0.508 e. The van der Waals surface area contributed by atoms with Gasteiger partial charge in [0.15, 0.2) is 0 Å². The van der Waals surface area contributed by atoms with Crippen LogP contribution in [0.2, 0.25) is 0 Å². The van der Waals surface area contributed by atoms with E-state index in [1.54, 1.807) is 78.0 Å². The molecule has 2 aliphatic heterocycles. The van der Waals surface area contributed by atoms with Gasteiger partial charge < -0.3 is 85.3 Å². The fraction of sp³-hybridized carbons (Fsp3) is 0.369. The van der Waals surface area contributed by atoms with Crippen molar-refractivity contribution in [1.29, 1.82) is 0 Å². The second-order valence-corrected chi connectivity index (χ2v) is 22.8. The monoisotopic (exact) mass is 1330 g/mol. The minimum absolute atomic E-state index is 0.00000142. The number of anilines is 3. The Morgan fingerprint density at radius 3 is 2.23 bits per heavy atom. The van der Waals surface area contributed by atoms with E-state index in [0.717, 1.165) is 33.6 Å². The Hall–Kier alpha value is -10.4. The molecule has 8 rings (SSSR count). The number of aliphatic hydroxyl groups excluding tert-OH is 1. The van der Waals surface area contributed by atoms with Crippen LogP contribution in [0.5, 0.6) is 11.5 Å². The molecular formula is C65H75ClN12O17. The summed E-state index contributed by atoms with van der Waals surface area (Å²) in [7, 11) is 1.48. The van der Waals surface area contributed by atoms with Gasteiger partial charge in [0, 0.05) is 98.8 Å². The van der Waals surface area contributed by atoms with E-state index >= 15 is 0 Å². The van der Waals surface area contributed by atoms with Crippen molar-refractivity contribution < 1.29 is 81.8 Å². The molecule has 0 aliphatic carbocycles. The molecule has 0 radical (unpaired) electrons. The van der Waals surface area contributed by atoms with E-state index in [4.69, 9.17) is 41.0 Å². The minimum atomic E-state index is -1.16. The summed E-state index contributed by atoms with van der Waals surface area (Å²) in [6.45, 7) is 4.72. The molecule has 0 saturated carbocycles. The van der Waals surface area contributed by atoms with Gasteiger partial charge in [-0.05, 0) is 96.3 Å². The molecular weight excluding hydrogens is 1260 g/mol. The number of aryl methyl sites for hydroxylation is 1. The van der Waals surface area contributed by atoms with Crippen molar-refractivity contribution in [2.75, 3.05) is 107 Å². The quantitative estimate of drug-likeness (QED) is 0.0154. The third kappa shape index (κ3) is 18.9. The van der Waals surface area contributed by atoms with E-state index in [9.17, 15) is 58.2 Å². The van der Waals surface area contributed by atoms with Crippen LogP contribution in [0.15, 0.2) is 109 Å². The smallest absolute Gasteiger partial charge is 0.415 e. The summed E-state index contributed by atoms with van der Waals surface area (Å²) in [6.07, 6.45) is 3.26. The Morgan fingerprint density at radius 1 is 0.800 bits per heavy atom. The maximum atomic E-state index is 14.6. The molecule has 29 nitrogen and oxygen atoms in total. The highest BCUT2D eigenvalue weighted by atomic mass is 35.5. The summed E-state index contributed by atoms with van der Waals surface area (Å²) in [6, 6.07) is 19.5. The molecule has 95 heavy (non-hydrogen) atoms. The fourth-order valence-electron chi connectivity index (χ4n) is 10.4. The number of imidazole rings is 1. The maximum absolute atomic E-state index is 14.6. The number of nitrogens with one attached hydrogen (secondary N) is 5. The van der Waals surface area contributed by atoms with Crippen LogP contribution in [-0.4, -0.2) is 198 Å². The first-order valence-corrected chi connectivity index (χ1v) is 31.0. The number of hydrogen-bond acceptors (Lipinski definition) is 18. The number of primary amides is 1. The number of aromatic hydroxyl groups is 1. The van der Waals surface area contributed by atoms with Crippen LogP contribution in [0.1, 0.15) is 70.1 Å². The Bertz CT molecular complexity index is 3810. The molecule has 2 aliphatic rings. The number of amides is 11. The number of phenolic OH excluding ortho intramolecular Hbond substituents is 1. The van der Waals surface area contributed by atoms with Crippen LogP contribution in [0.25, 0.3) is 16.4 Å². The third-order valence-corrected chi connectivity index (χ3v) is 15.8. The van der Waals surface area contributed by atoms with Gasteiger partial charge in [-0.2, -0.15) is 0 Å². The number of likely N-dealkylation sites (N-methyl/N-ethyl adjacent to an activating group) is 1.